The zero-order chi connectivity index (χ0) is 15.6. The van der Waals surface area contributed by atoms with Crippen LogP contribution < -0.4 is 10.5 Å². The largest absolute Gasteiger partial charge is 0.462 e. The molecule has 0 radical (unpaired) electrons. The van der Waals surface area contributed by atoms with Crippen molar-refractivity contribution in [3.63, 3.8) is 0 Å². The number of nitrogens with two attached hydrogens (primary N) is 1. The summed E-state index contributed by atoms with van der Waals surface area (Å²) in [7, 11) is 0. The summed E-state index contributed by atoms with van der Waals surface area (Å²) in [4.78, 5) is 9.99. The Morgan fingerprint density at radius 2 is 1.90 bits per heavy atom. The molecule has 0 bridgehead atoms. The number of ether oxygens (including phenoxy) is 2. The molecular weight excluding hydrogens is 284 g/mol. The normalized spacial score (nSPS) is 32.7. The Morgan fingerprint density at radius 1 is 1.29 bits per heavy atom. The summed E-state index contributed by atoms with van der Waals surface area (Å²) in [5.41, 5.74) is 5.50. The van der Waals surface area contributed by atoms with Gasteiger partial charge in [-0.15, -0.1) is 0 Å². The number of nitro benzene ring substituents is 1. The summed E-state index contributed by atoms with van der Waals surface area (Å²) in [5, 5.41) is 39.3. The lowest BCUT2D eigenvalue weighted by Gasteiger charge is -2.40. The molecule has 9 heteroatoms. The molecule has 1 aliphatic heterocycles. The fourth-order valence-corrected chi connectivity index (χ4v) is 1.99. The van der Waals surface area contributed by atoms with Crippen LogP contribution in [0.2, 0.25) is 0 Å². The molecule has 1 heterocycles. The van der Waals surface area contributed by atoms with E-state index in [1.807, 2.05) is 0 Å². The Balaban J connectivity index is 2.08. The lowest BCUT2D eigenvalue weighted by molar-refractivity contribution is -0.384. The minimum absolute atomic E-state index is 0.109. The quantitative estimate of drug-likeness (QED) is 0.397. The Kier molecular flexibility index (Phi) is 4.70. The van der Waals surface area contributed by atoms with E-state index in [0.29, 0.717) is 0 Å². The average molecular weight is 300 g/mol. The molecular formula is C12H16N2O7. The van der Waals surface area contributed by atoms with Gasteiger partial charge in [0.25, 0.3) is 5.69 Å². The third-order valence-corrected chi connectivity index (χ3v) is 3.24. The number of non-ortho nitro benzene ring substituents is 1. The van der Waals surface area contributed by atoms with Gasteiger partial charge in [-0.05, 0) is 12.1 Å². The molecule has 0 aromatic heterocycles. The molecule has 0 saturated carbocycles. The lowest BCUT2D eigenvalue weighted by atomic mass is 9.97. The van der Waals surface area contributed by atoms with Gasteiger partial charge in [-0.25, -0.2) is 0 Å². The highest BCUT2D eigenvalue weighted by Gasteiger charge is 2.43. The van der Waals surface area contributed by atoms with Crippen molar-refractivity contribution in [2.24, 2.45) is 5.73 Å². The van der Waals surface area contributed by atoms with Crippen molar-refractivity contribution >= 4 is 5.69 Å². The SMILES string of the molecule is N[C@@H]1[C@H](O)[C@@H](O)[C@H](Oc2ccc([N+](=O)[O-])cc2)O[C@@H]1CO. The highest BCUT2D eigenvalue weighted by molar-refractivity contribution is 5.36. The van der Waals surface area contributed by atoms with Crippen LogP contribution in [0.1, 0.15) is 0 Å². The van der Waals surface area contributed by atoms with Gasteiger partial charge in [-0.1, -0.05) is 0 Å². The maximum absolute atomic E-state index is 10.5. The zero-order valence-electron chi connectivity index (χ0n) is 10.9. The molecule has 5 N–H and O–H groups in total. The van der Waals surface area contributed by atoms with Crippen molar-refractivity contribution in [3.05, 3.63) is 34.4 Å². The molecule has 9 nitrogen and oxygen atoms in total. The van der Waals surface area contributed by atoms with Gasteiger partial charge in [0.1, 0.15) is 24.1 Å². The van der Waals surface area contributed by atoms with Crippen LogP contribution in [0, 0.1) is 10.1 Å². The van der Waals surface area contributed by atoms with Gasteiger partial charge >= 0.3 is 0 Å². The predicted octanol–water partition coefficient (Wildman–Crippen LogP) is -1.26. The number of rotatable bonds is 4. The minimum Gasteiger partial charge on any atom is -0.462 e. The van der Waals surface area contributed by atoms with Crippen LogP contribution in [0.4, 0.5) is 5.69 Å². The van der Waals surface area contributed by atoms with Gasteiger partial charge in [-0.2, -0.15) is 0 Å². The molecule has 2 rings (SSSR count). The smallest absolute Gasteiger partial charge is 0.269 e. The molecule has 1 fully saturated rings. The van der Waals surface area contributed by atoms with Crippen LogP contribution in [0.25, 0.3) is 0 Å². The highest BCUT2D eigenvalue weighted by Crippen LogP contribution is 2.24. The minimum atomic E-state index is -1.40. The molecule has 0 spiro atoms. The molecule has 116 valence electrons. The molecule has 1 aromatic carbocycles. The fraction of sp³-hybridized carbons (Fsp3) is 0.500. The summed E-state index contributed by atoms with van der Waals surface area (Å²) >= 11 is 0. The Labute approximate surface area is 119 Å². The van der Waals surface area contributed by atoms with E-state index in [1.54, 1.807) is 0 Å². The first-order valence-electron chi connectivity index (χ1n) is 6.23. The van der Waals surface area contributed by atoms with Gasteiger partial charge in [0, 0.05) is 12.1 Å². The maximum Gasteiger partial charge on any atom is 0.269 e. The molecule has 1 aromatic rings. The number of benzene rings is 1. The second-order valence-corrected chi connectivity index (χ2v) is 4.65. The van der Waals surface area contributed by atoms with Crippen LogP contribution >= 0.6 is 0 Å². The molecule has 1 aliphatic rings. The van der Waals surface area contributed by atoms with Crippen molar-refractivity contribution < 1.29 is 29.7 Å². The van der Waals surface area contributed by atoms with Crippen molar-refractivity contribution in [1.29, 1.82) is 0 Å². The monoisotopic (exact) mass is 300 g/mol. The maximum atomic E-state index is 10.5. The van der Waals surface area contributed by atoms with Crippen molar-refractivity contribution in [2.45, 2.75) is 30.6 Å². The van der Waals surface area contributed by atoms with Gasteiger partial charge in [0.2, 0.25) is 6.29 Å². The summed E-state index contributed by atoms with van der Waals surface area (Å²) < 4.78 is 10.6. The number of hydrogen-bond acceptors (Lipinski definition) is 8. The van der Waals surface area contributed by atoms with Crippen LogP contribution in [0.15, 0.2) is 24.3 Å². The van der Waals surface area contributed by atoms with Crippen LogP contribution in [-0.4, -0.2) is 57.5 Å². The topological polar surface area (TPSA) is 148 Å². The molecule has 5 atom stereocenters. The highest BCUT2D eigenvalue weighted by atomic mass is 16.7. The fourth-order valence-electron chi connectivity index (χ4n) is 1.99. The summed E-state index contributed by atoms with van der Waals surface area (Å²) in [6.07, 6.45) is -4.85. The van der Waals surface area contributed by atoms with Gasteiger partial charge < -0.3 is 30.5 Å². The third-order valence-electron chi connectivity index (χ3n) is 3.24. The van der Waals surface area contributed by atoms with Gasteiger partial charge in [0.15, 0.2) is 0 Å². The first-order chi connectivity index (χ1) is 9.93. The first-order valence-corrected chi connectivity index (χ1v) is 6.23. The molecule has 1 saturated heterocycles. The van der Waals surface area contributed by atoms with Crippen molar-refractivity contribution in [3.8, 4) is 5.75 Å². The second kappa shape index (κ2) is 6.33. The zero-order valence-corrected chi connectivity index (χ0v) is 10.9. The summed E-state index contributed by atoms with van der Waals surface area (Å²) in [6, 6.07) is 4.19. The number of aliphatic hydroxyl groups excluding tert-OH is 3. The lowest BCUT2D eigenvalue weighted by Crippen LogP contribution is -2.63. The predicted molar refractivity (Wildman–Crippen MR) is 69.5 cm³/mol. The number of hydrogen-bond donors (Lipinski definition) is 4. The second-order valence-electron chi connectivity index (χ2n) is 4.65. The van der Waals surface area contributed by atoms with Gasteiger partial charge in [-0.3, -0.25) is 10.1 Å². The number of aliphatic hydroxyl groups is 3. The number of nitrogens with zero attached hydrogens (tertiary/aromatic N) is 1. The molecule has 0 unspecified atom stereocenters. The van der Waals surface area contributed by atoms with E-state index in [0.717, 1.165) is 0 Å². The van der Waals surface area contributed by atoms with Gasteiger partial charge in [0.05, 0.1) is 17.6 Å². The Hall–Kier alpha value is -1.78. The van der Waals surface area contributed by atoms with E-state index < -0.39 is 42.2 Å². The molecule has 21 heavy (non-hydrogen) atoms. The van der Waals surface area contributed by atoms with Crippen LogP contribution in [0.3, 0.4) is 0 Å². The first kappa shape index (κ1) is 15.6. The van der Waals surface area contributed by atoms with E-state index in [1.165, 1.54) is 24.3 Å². The van der Waals surface area contributed by atoms with E-state index in [9.17, 15) is 20.3 Å². The summed E-state index contributed by atoms with van der Waals surface area (Å²) in [6.45, 7) is -0.439. The summed E-state index contributed by atoms with van der Waals surface area (Å²) in [5.74, 6) is 0.212. The van der Waals surface area contributed by atoms with Crippen molar-refractivity contribution in [2.75, 3.05) is 6.61 Å². The Bertz CT molecular complexity index is 493. The average Bonchev–Trinajstić information content (AvgIpc) is 2.48. The van der Waals surface area contributed by atoms with Crippen LogP contribution in [-0.2, 0) is 4.74 Å². The standard InChI is InChI=1S/C12H16N2O7/c13-9-8(5-15)21-12(11(17)10(9)16)20-7-3-1-6(2-4-7)14(18)19/h1-4,8-12,15-17H,5,13H2/t8-,9+,10+,11-,12-/m1/s1. The Morgan fingerprint density at radius 3 is 2.43 bits per heavy atom. The molecule has 0 aliphatic carbocycles. The van der Waals surface area contributed by atoms with E-state index in [2.05, 4.69) is 0 Å². The van der Waals surface area contributed by atoms with E-state index >= 15 is 0 Å². The van der Waals surface area contributed by atoms with Crippen LogP contribution in [0.5, 0.6) is 5.75 Å². The van der Waals surface area contributed by atoms with E-state index in [4.69, 9.17) is 20.3 Å². The van der Waals surface area contributed by atoms with Crippen molar-refractivity contribution in [1.82, 2.24) is 0 Å². The molecule has 0 amide bonds. The van der Waals surface area contributed by atoms with E-state index in [-0.39, 0.29) is 11.4 Å². The number of nitro groups is 1. The third kappa shape index (κ3) is 3.28.